The molecule has 2 aromatic rings. The van der Waals surface area contributed by atoms with E-state index in [0.29, 0.717) is 5.92 Å². The predicted octanol–water partition coefficient (Wildman–Crippen LogP) is 4.76. The second-order valence-electron chi connectivity index (χ2n) is 5.59. The molecule has 19 heavy (non-hydrogen) atoms. The van der Waals surface area contributed by atoms with E-state index < -0.39 is 0 Å². The van der Waals surface area contributed by atoms with Gasteiger partial charge in [-0.1, -0.05) is 49.2 Å². The van der Waals surface area contributed by atoms with Crippen molar-refractivity contribution in [1.29, 1.82) is 0 Å². The van der Waals surface area contributed by atoms with Crippen molar-refractivity contribution in [2.75, 3.05) is 0 Å². The van der Waals surface area contributed by atoms with Gasteiger partial charge in [0.05, 0.1) is 0 Å². The molecule has 1 nitrogen and oxygen atoms in total. The van der Waals surface area contributed by atoms with Crippen LogP contribution in [0.3, 0.4) is 0 Å². The Hall–Kier alpha value is -1.05. The fourth-order valence-corrected chi connectivity index (χ4v) is 3.33. The standard InChI is InChI=1S/C17H21N.ClH/c1-12-10-11-16(15-9-5-4-8-14(12)15)17(18)13-6-2-3-7-13;/h4-5,8-11,13,17H,2-3,6-7,18H2,1H3;1H/t17-;/m0./s1. The van der Waals surface area contributed by atoms with Crippen molar-refractivity contribution in [2.45, 2.75) is 38.6 Å². The zero-order valence-electron chi connectivity index (χ0n) is 11.4. The summed E-state index contributed by atoms with van der Waals surface area (Å²) in [6.07, 6.45) is 5.29. The van der Waals surface area contributed by atoms with Crippen LogP contribution in [-0.4, -0.2) is 0 Å². The van der Waals surface area contributed by atoms with E-state index in [4.69, 9.17) is 5.73 Å². The largest absolute Gasteiger partial charge is 0.324 e. The van der Waals surface area contributed by atoms with Crippen LogP contribution in [0.25, 0.3) is 10.8 Å². The van der Waals surface area contributed by atoms with Crippen molar-refractivity contribution >= 4 is 23.2 Å². The van der Waals surface area contributed by atoms with E-state index in [0.717, 1.165) is 0 Å². The van der Waals surface area contributed by atoms with Gasteiger partial charge in [0.2, 0.25) is 0 Å². The first-order valence-corrected chi connectivity index (χ1v) is 7.01. The van der Waals surface area contributed by atoms with Gasteiger partial charge in [0.1, 0.15) is 0 Å². The first kappa shape index (κ1) is 14.4. The van der Waals surface area contributed by atoms with Gasteiger partial charge in [0, 0.05) is 6.04 Å². The van der Waals surface area contributed by atoms with Crippen LogP contribution in [0.5, 0.6) is 0 Å². The molecule has 0 amide bonds. The summed E-state index contributed by atoms with van der Waals surface area (Å²) in [5.74, 6) is 0.677. The van der Waals surface area contributed by atoms with Gasteiger partial charge in [0.15, 0.2) is 0 Å². The molecule has 0 bridgehead atoms. The summed E-state index contributed by atoms with van der Waals surface area (Å²) in [6.45, 7) is 2.17. The molecule has 0 aliphatic heterocycles. The van der Waals surface area contributed by atoms with E-state index >= 15 is 0 Å². The molecule has 3 rings (SSSR count). The van der Waals surface area contributed by atoms with Crippen molar-refractivity contribution in [3.8, 4) is 0 Å². The highest BCUT2D eigenvalue weighted by molar-refractivity contribution is 5.88. The average molecular weight is 276 g/mol. The summed E-state index contributed by atoms with van der Waals surface area (Å²) in [7, 11) is 0. The van der Waals surface area contributed by atoms with Crippen molar-refractivity contribution < 1.29 is 0 Å². The molecule has 0 aromatic heterocycles. The van der Waals surface area contributed by atoms with Gasteiger partial charge >= 0.3 is 0 Å². The third-order valence-corrected chi connectivity index (χ3v) is 4.44. The van der Waals surface area contributed by atoms with Crippen LogP contribution >= 0.6 is 12.4 Å². The quantitative estimate of drug-likeness (QED) is 0.840. The maximum absolute atomic E-state index is 6.52. The summed E-state index contributed by atoms with van der Waals surface area (Å²) < 4.78 is 0. The van der Waals surface area contributed by atoms with Gasteiger partial charge in [0.25, 0.3) is 0 Å². The summed E-state index contributed by atoms with van der Waals surface area (Å²) in [4.78, 5) is 0. The van der Waals surface area contributed by atoms with Crippen molar-refractivity contribution in [3.63, 3.8) is 0 Å². The zero-order valence-corrected chi connectivity index (χ0v) is 12.2. The molecular weight excluding hydrogens is 254 g/mol. The molecule has 1 aliphatic rings. The molecular formula is C17H22ClN. The Kier molecular flexibility index (Phi) is 4.49. The summed E-state index contributed by atoms with van der Waals surface area (Å²) in [5, 5.41) is 2.69. The van der Waals surface area contributed by atoms with E-state index in [2.05, 4.69) is 43.3 Å². The number of halogens is 1. The Labute approximate surface area is 121 Å². The number of nitrogens with two attached hydrogens (primary N) is 1. The lowest BCUT2D eigenvalue weighted by molar-refractivity contribution is 0.447. The van der Waals surface area contributed by atoms with Crippen LogP contribution in [0.2, 0.25) is 0 Å². The normalized spacial score (nSPS) is 17.4. The summed E-state index contributed by atoms with van der Waals surface area (Å²) >= 11 is 0. The molecule has 1 atom stereocenters. The minimum atomic E-state index is 0. The highest BCUT2D eigenvalue weighted by Gasteiger charge is 2.24. The lowest BCUT2D eigenvalue weighted by Gasteiger charge is -2.21. The molecule has 0 spiro atoms. The molecule has 0 saturated heterocycles. The van der Waals surface area contributed by atoms with E-state index in [1.54, 1.807) is 0 Å². The Morgan fingerprint density at radius 1 is 1.00 bits per heavy atom. The van der Waals surface area contributed by atoms with Gasteiger partial charge in [-0.15, -0.1) is 12.4 Å². The topological polar surface area (TPSA) is 26.0 Å². The average Bonchev–Trinajstić information content (AvgIpc) is 2.93. The fraction of sp³-hybridized carbons (Fsp3) is 0.412. The molecule has 0 unspecified atom stereocenters. The number of hydrogen-bond acceptors (Lipinski definition) is 1. The third kappa shape index (κ3) is 2.63. The first-order chi connectivity index (χ1) is 8.77. The summed E-state index contributed by atoms with van der Waals surface area (Å²) in [5.41, 5.74) is 9.19. The van der Waals surface area contributed by atoms with Crippen molar-refractivity contribution in [1.82, 2.24) is 0 Å². The lowest BCUT2D eigenvalue weighted by Crippen LogP contribution is -2.19. The molecule has 0 heterocycles. The van der Waals surface area contributed by atoms with Gasteiger partial charge in [-0.05, 0) is 47.6 Å². The Bertz CT molecular complexity index is 558. The van der Waals surface area contributed by atoms with Crippen LogP contribution in [0.1, 0.15) is 42.9 Å². The van der Waals surface area contributed by atoms with Gasteiger partial charge in [-0.2, -0.15) is 0 Å². The maximum atomic E-state index is 6.52. The van der Waals surface area contributed by atoms with Crippen LogP contribution in [0.15, 0.2) is 36.4 Å². The van der Waals surface area contributed by atoms with E-state index in [-0.39, 0.29) is 18.4 Å². The molecule has 2 aromatic carbocycles. The molecule has 0 radical (unpaired) electrons. The summed E-state index contributed by atoms with van der Waals surface area (Å²) in [6, 6.07) is 13.3. The maximum Gasteiger partial charge on any atom is 0.0329 e. The van der Waals surface area contributed by atoms with Crippen LogP contribution < -0.4 is 5.73 Å². The fourth-order valence-electron chi connectivity index (χ4n) is 3.33. The smallest absolute Gasteiger partial charge is 0.0329 e. The highest BCUT2D eigenvalue weighted by Crippen LogP contribution is 2.37. The van der Waals surface area contributed by atoms with Crippen LogP contribution in [0, 0.1) is 12.8 Å². The zero-order chi connectivity index (χ0) is 12.5. The van der Waals surface area contributed by atoms with E-state index in [1.807, 2.05) is 0 Å². The Balaban J connectivity index is 0.00000133. The monoisotopic (exact) mass is 275 g/mol. The Morgan fingerprint density at radius 2 is 1.63 bits per heavy atom. The Morgan fingerprint density at radius 3 is 2.32 bits per heavy atom. The second-order valence-corrected chi connectivity index (χ2v) is 5.59. The number of benzene rings is 2. The minimum absolute atomic E-state index is 0. The molecule has 1 fully saturated rings. The molecule has 2 N–H and O–H groups in total. The van der Waals surface area contributed by atoms with Crippen LogP contribution in [0.4, 0.5) is 0 Å². The van der Waals surface area contributed by atoms with E-state index in [1.165, 1.54) is 47.6 Å². The van der Waals surface area contributed by atoms with Crippen molar-refractivity contribution in [3.05, 3.63) is 47.5 Å². The number of hydrogen-bond donors (Lipinski definition) is 1. The molecule has 2 heteroatoms. The minimum Gasteiger partial charge on any atom is -0.324 e. The van der Waals surface area contributed by atoms with Gasteiger partial charge < -0.3 is 5.73 Å². The van der Waals surface area contributed by atoms with Gasteiger partial charge in [-0.25, -0.2) is 0 Å². The van der Waals surface area contributed by atoms with Crippen molar-refractivity contribution in [2.24, 2.45) is 11.7 Å². The molecule has 1 aliphatic carbocycles. The SMILES string of the molecule is Cc1ccc([C@@H](N)C2CCCC2)c2ccccc12.Cl. The lowest BCUT2D eigenvalue weighted by atomic mass is 9.88. The first-order valence-electron chi connectivity index (χ1n) is 7.01. The molecule has 1 saturated carbocycles. The molecule has 102 valence electrons. The van der Waals surface area contributed by atoms with Gasteiger partial charge in [-0.3, -0.25) is 0 Å². The number of fused-ring (bicyclic) bond motifs is 1. The second kappa shape index (κ2) is 5.94. The third-order valence-electron chi connectivity index (χ3n) is 4.44. The van der Waals surface area contributed by atoms with E-state index in [9.17, 15) is 0 Å². The highest BCUT2D eigenvalue weighted by atomic mass is 35.5. The predicted molar refractivity (Wildman–Crippen MR) is 84.8 cm³/mol. The number of aryl methyl sites for hydroxylation is 1. The van der Waals surface area contributed by atoms with Crippen LogP contribution in [-0.2, 0) is 0 Å². The number of rotatable bonds is 2.